The molecule has 3 aliphatic carbocycles. The van der Waals surface area contributed by atoms with Gasteiger partial charge in [-0.2, -0.15) is 13.2 Å². The van der Waals surface area contributed by atoms with Crippen LogP contribution in [0.5, 0.6) is 11.5 Å². The minimum absolute atomic E-state index is 0.00186. The standard InChI is InChI=1S/C51H58ClF3N4O7/c1-32(31-66-43-19-24-57-41-15-7-10-33(2)45(41)43)26-36-28-35-17-18-39(65-25-9-16-44(60)58-42(46(56)61)27-34-11-5-4-6-12-34)30-40(35)49(36)20-22-50(23-21-49,48(63)64-3)59(47(62)51(53,54)55)38-14-8-13-37(52)29-38/h4-6,8,11-14,17-19,24,29-30,32-33,36,42H,7,9-10,15-16,20-23,25-28,31H2,1-3H3,(H2,56,61)(H,58,60)/t32-,33-,36+,42-,49?,50?/m1/s1. The Morgan fingerprint density at radius 2 is 1.74 bits per heavy atom. The van der Waals surface area contributed by atoms with Gasteiger partial charge < -0.3 is 25.3 Å². The molecule has 1 spiro atoms. The molecule has 0 bridgehead atoms. The predicted octanol–water partition coefficient (Wildman–Crippen LogP) is 9.14. The molecule has 3 amide bonds. The van der Waals surface area contributed by atoms with Crippen molar-refractivity contribution in [1.82, 2.24) is 10.3 Å². The maximum absolute atomic E-state index is 14.5. The van der Waals surface area contributed by atoms with Gasteiger partial charge in [0, 0.05) is 41.0 Å². The number of fused-ring (bicyclic) bond motifs is 3. The summed E-state index contributed by atoms with van der Waals surface area (Å²) in [6.45, 7) is 4.96. The molecule has 66 heavy (non-hydrogen) atoms. The van der Waals surface area contributed by atoms with Crippen LogP contribution in [0.25, 0.3) is 0 Å². The maximum Gasteiger partial charge on any atom is 0.471 e. The zero-order valence-corrected chi connectivity index (χ0v) is 38.4. The van der Waals surface area contributed by atoms with Crippen molar-refractivity contribution in [3.8, 4) is 11.5 Å². The van der Waals surface area contributed by atoms with Gasteiger partial charge in [-0.25, -0.2) is 4.79 Å². The van der Waals surface area contributed by atoms with Crippen molar-refractivity contribution >= 4 is 41.0 Å². The van der Waals surface area contributed by atoms with E-state index in [9.17, 15) is 32.3 Å². The number of hydrogen-bond acceptors (Lipinski definition) is 8. The molecule has 0 unspecified atom stereocenters. The summed E-state index contributed by atoms with van der Waals surface area (Å²) in [7, 11) is 1.12. The van der Waals surface area contributed by atoms with E-state index >= 15 is 0 Å². The smallest absolute Gasteiger partial charge is 0.471 e. The molecule has 1 saturated carbocycles. The number of carbonyl (C=O) groups is 4. The van der Waals surface area contributed by atoms with E-state index in [1.54, 1.807) is 6.20 Å². The van der Waals surface area contributed by atoms with Crippen molar-refractivity contribution in [2.45, 2.75) is 120 Å². The number of nitrogens with one attached hydrogen (secondary N) is 1. The van der Waals surface area contributed by atoms with Gasteiger partial charge in [-0.1, -0.05) is 67.9 Å². The first-order chi connectivity index (χ1) is 31.5. The van der Waals surface area contributed by atoms with Crippen LogP contribution >= 0.6 is 11.6 Å². The van der Waals surface area contributed by atoms with Crippen LogP contribution in [-0.2, 0) is 48.6 Å². The fraction of sp³-hybridized carbons (Fsp3) is 0.471. The van der Waals surface area contributed by atoms with Gasteiger partial charge in [-0.15, -0.1) is 0 Å². The minimum atomic E-state index is -5.30. The molecule has 3 N–H and O–H groups in total. The second-order valence-electron chi connectivity index (χ2n) is 18.3. The first kappa shape index (κ1) is 48.3. The fourth-order valence-electron chi connectivity index (χ4n) is 10.7. The Kier molecular flexibility index (Phi) is 15.0. The van der Waals surface area contributed by atoms with Crippen molar-refractivity contribution in [1.29, 1.82) is 0 Å². The molecule has 0 saturated heterocycles. The van der Waals surface area contributed by atoms with Gasteiger partial charge >= 0.3 is 18.1 Å². The molecule has 1 heterocycles. The van der Waals surface area contributed by atoms with Crippen LogP contribution < -0.4 is 25.4 Å². The molecule has 0 radical (unpaired) electrons. The Morgan fingerprint density at radius 1 is 0.985 bits per heavy atom. The highest BCUT2D eigenvalue weighted by atomic mass is 35.5. The molecule has 352 valence electrons. The Balaban J connectivity index is 1.12. The lowest BCUT2D eigenvalue weighted by Crippen LogP contribution is -2.63. The number of carbonyl (C=O) groups excluding carboxylic acids is 4. The summed E-state index contributed by atoms with van der Waals surface area (Å²) in [6, 6.07) is 21.7. The molecule has 15 heteroatoms. The summed E-state index contributed by atoms with van der Waals surface area (Å²) in [6.07, 6.45) is 1.94. The average molecular weight is 931 g/mol. The second kappa shape index (κ2) is 20.5. The number of alkyl halides is 3. The molecule has 7 rings (SSSR count). The number of pyridine rings is 1. The molecule has 4 aromatic rings. The molecule has 0 aliphatic heterocycles. The van der Waals surface area contributed by atoms with Gasteiger partial charge in [0.05, 0.1) is 20.3 Å². The highest BCUT2D eigenvalue weighted by Gasteiger charge is 2.60. The largest absolute Gasteiger partial charge is 0.494 e. The third kappa shape index (κ3) is 10.5. The predicted molar refractivity (Wildman–Crippen MR) is 244 cm³/mol. The van der Waals surface area contributed by atoms with E-state index in [2.05, 4.69) is 24.1 Å². The number of aryl methyl sites for hydroxylation is 1. The number of rotatable bonds is 17. The van der Waals surface area contributed by atoms with Gasteiger partial charge in [-0.3, -0.25) is 24.3 Å². The summed E-state index contributed by atoms with van der Waals surface area (Å²) in [4.78, 5) is 57.7. The van der Waals surface area contributed by atoms with E-state index in [4.69, 9.17) is 31.5 Å². The van der Waals surface area contributed by atoms with E-state index in [1.807, 2.05) is 54.6 Å². The van der Waals surface area contributed by atoms with Crippen molar-refractivity contribution in [3.05, 3.63) is 118 Å². The molecule has 3 aliphatic rings. The van der Waals surface area contributed by atoms with Gasteiger partial charge in [0.1, 0.15) is 23.1 Å². The molecular weight excluding hydrogens is 873 g/mol. The second-order valence-corrected chi connectivity index (χ2v) is 18.7. The maximum atomic E-state index is 14.5. The minimum Gasteiger partial charge on any atom is -0.494 e. The molecule has 3 aromatic carbocycles. The van der Waals surface area contributed by atoms with Crippen LogP contribution in [0.2, 0.25) is 5.02 Å². The van der Waals surface area contributed by atoms with Crippen LogP contribution in [0.15, 0.2) is 85.1 Å². The first-order valence-corrected chi connectivity index (χ1v) is 23.2. The average Bonchev–Trinajstić information content (AvgIpc) is 3.58. The Morgan fingerprint density at radius 3 is 2.44 bits per heavy atom. The Hall–Kier alpha value is -5.63. The summed E-state index contributed by atoms with van der Waals surface area (Å²) < 4.78 is 61.6. The normalized spacial score (nSPS) is 22.0. The van der Waals surface area contributed by atoms with Crippen molar-refractivity contribution in [3.63, 3.8) is 0 Å². The number of primary amides is 1. The van der Waals surface area contributed by atoms with E-state index in [-0.39, 0.29) is 73.6 Å². The van der Waals surface area contributed by atoms with Gasteiger partial charge in [-0.05, 0) is 140 Å². The van der Waals surface area contributed by atoms with Crippen molar-refractivity contribution in [2.75, 3.05) is 25.2 Å². The lowest BCUT2D eigenvalue weighted by atomic mass is 9.59. The van der Waals surface area contributed by atoms with Gasteiger partial charge in [0.2, 0.25) is 11.8 Å². The number of ether oxygens (including phenoxy) is 3. The fourth-order valence-corrected chi connectivity index (χ4v) is 10.9. The molecule has 1 fully saturated rings. The van der Waals surface area contributed by atoms with Crippen molar-refractivity contribution < 1.29 is 46.6 Å². The highest BCUT2D eigenvalue weighted by molar-refractivity contribution is 6.31. The number of esters is 1. The third-order valence-electron chi connectivity index (χ3n) is 13.9. The monoisotopic (exact) mass is 930 g/mol. The summed E-state index contributed by atoms with van der Waals surface area (Å²) in [5.41, 5.74) is 8.00. The molecule has 4 atom stereocenters. The van der Waals surface area contributed by atoms with Crippen molar-refractivity contribution in [2.24, 2.45) is 17.6 Å². The van der Waals surface area contributed by atoms with E-state index in [0.717, 1.165) is 60.1 Å². The number of benzene rings is 3. The number of aromatic nitrogens is 1. The summed E-state index contributed by atoms with van der Waals surface area (Å²) in [5, 5.41) is 2.84. The van der Waals surface area contributed by atoms with E-state index in [1.165, 1.54) is 24.3 Å². The number of hydrogen-bond donors (Lipinski definition) is 2. The Labute approximate surface area is 388 Å². The van der Waals surface area contributed by atoms with Crippen LogP contribution in [0.3, 0.4) is 0 Å². The zero-order chi connectivity index (χ0) is 47.2. The summed E-state index contributed by atoms with van der Waals surface area (Å²) >= 11 is 6.27. The van der Waals surface area contributed by atoms with Crippen LogP contribution in [-0.4, -0.2) is 66.8 Å². The zero-order valence-electron chi connectivity index (χ0n) is 37.6. The SMILES string of the molecule is COC(=O)C1(N(C(=O)C(F)(F)F)c2cccc(Cl)c2)CCC2(CC1)c1cc(OCCCC(=O)N[C@H](Cc3ccccc3)C(N)=O)ccc1C[C@@H]2C[C@@H](C)COc1ccnc2c1[C@H](C)CCC2. The van der Waals surface area contributed by atoms with Crippen LogP contribution in [0, 0.1) is 11.8 Å². The molecular formula is C51H58ClF3N4O7. The number of amides is 3. The van der Waals surface area contributed by atoms with Gasteiger partial charge in [0.15, 0.2) is 0 Å². The van der Waals surface area contributed by atoms with Crippen LogP contribution in [0.1, 0.15) is 106 Å². The number of nitrogens with two attached hydrogens (primary N) is 1. The molecule has 11 nitrogen and oxygen atoms in total. The number of nitrogens with zero attached hydrogens (tertiary/aromatic N) is 2. The number of methoxy groups -OCH3 is 1. The molecule has 1 aromatic heterocycles. The lowest BCUT2D eigenvalue weighted by Gasteiger charge is -2.51. The third-order valence-corrected chi connectivity index (χ3v) is 14.1. The Bertz CT molecular complexity index is 2390. The van der Waals surface area contributed by atoms with E-state index in [0.29, 0.717) is 42.4 Å². The van der Waals surface area contributed by atoms with E-state index < -0.39 is 41.0 Å². The first-order valence-electron chi connectivity index (χ1n) is 22.8. The topological polar surface area (TPSA) is 150 Å². The summed E-state index contributed by atoms with van der Waals surface area (Å²) in [5.74, 6) is -2.29. The van der Waals surface area contributed by atoms with Crippen LogP contribution in [0.4, 0.5) is 18.9 Å². The lowest BCUT2D eigenvalue weighted by molar-refractivity contribution is -0.174. The highest BCUT2D eigenvalue weighted by Crippen LogP contribution is 2.58. The number of halogens is 4. The quantitative estimate of drug-likeness (QED) is 0.0787. The number of anilines is 1. The van der Waals surface area contributed by atoms with Gasteiger partial charge in [0.25, 0.3) is 0 Å².